The first-order valence-electron chi connectivity index (χ1n) is 6.91. The maximum absolute atomic E-state index is 12.2. The molecule has 1 heterocycles. The molecule has 0 fully saturated rings. The van der Waals surface area contributed by atoms with Gasteiger partial charge in [-0.15, -0.1) is 0 Å². The lowest BCUT2D eigenvalue weighted by Crippen LogP contribution is -2.30. The lowest BCUT2D eigenvalue weighted by atomic mass is 9.94. The van der Waals surface area contributed by atoms with E-state index < -0.39 is 0 Å². The maximum Gasteiger partial charge on any atom is 0.222 e. The van der Waals surface area contributed by atoms with Gasteiger partial charge in [-0.2, -0.15) is 0 Å². The van der Waals surface area contributed by atoms with Crippen LogP contribution in [0.1, 0.15) is 38.0 Å². The van der Waals surface area contributed by atoms with Gasteiger partial charge in [0.2, 0.25) is 5.91 Å². The Balaban J connectivity index is 2.50. The molecular formula is C15H26N2O2. The van der Waals surface area contributed by atoms with Crippen LogP contribution in [-0.2, 0) is 11.3 Å². The maximum atomic E-state index is 12.2. The van der Waals surface area contributed by atoms with Crippen molar-refractivity contribution in [2.75, 3.05) is 13.6 Å². The first kappa shape index (κ1) is 15.8. The summed E-state index contributed by atoms with van der Waals surface area (Å²) in [6, 6.07) is 1.91. The number of rotatable bonds is 7. The van der Waals surface area contributed by atoms with Gasteiger partial charge >= 0.3 is 0 Å². The quantitative estimate of drug-likeness (QED) is 0.825. The molecule has 4 nitrogen and oxygen atoms in total. The summed E-state index contributed by atoms with van der Waals surface area (Å²) in [6.45, 7) is 7.40. The predicted molar refractivity (Wildman–Crippen MR) is 76.5 cm³/mol. The number of carbonyl (C=O) groups excluding carboxylic acids is 1. The Kier molecular flexibility index (Phi) is 6.09. The number of carbonyl (C=O) groups is 1. The normalized spacial score (nSPS) is 12.7. The van der Waals surface area contributed by atoms with Crippen molar-refractivity contribution in [3.05, 3.63) is 23.7 Å². The molecule has 0 radical (unpaired) electrons. The monoisotopic (exact) mass is 266 g/mol. The van der Waals surface area contributed by atoms with Crippen LogP contribution in [0.15, 0.2) is 16.7 Å². The summed E-state index contributed by atoms with van der Waals surface area (Å²) in [7, 11) is 1.83. The highest BCUT2D eigenvalue weighted by Crippen LogP contribution is 2.17. The lowest BCUT2D eigenvalue weighted by Gasteiger charge is -2.21. The SMILES string of the molecule is Cc1occc1CN(C)C(=O)CC(CN)CC(C)C. The first-order chi connectivity index (χ1) is 8.93. The number of amides is 1. The van der Waals surface area contributed by atoms with Gasteiger partial charge in [-0.3, -0.25) is 4.79 Å². The fourth-order valence-electron chi connectivity index (χ4n) is 2.25. The Labute approximate surface area is 116 Å². The Hall–Kier alpha value is -1.29. The second-order valence-corrected chi connectivity index (χ2v) is 5.69. The molecule has 0 saturated carbocycles. The first-order valence-corrected chi connectivity index (χ1v) is 6.91. The minimum atomic E-state index is 0.150. The van der Waals surface area contributed by atoms with Gasteiger partial charge in [0.05, 0.1) is 6.26 Å². The molecule has 0 spiro atoms. The Morgan fingerprint density at radius 3 is 2.63 bits per heavy atom. The van der Waals surface area contributed by atoms with Crippen LogP contribution >= 0.6 is 0 Å². The number of hydrogen-bond acceptors (Lipinski definition) is 3. The Morgan fingerprint density at radius 2 is 2.16 bits per heavy atom. The van der Waals surface area contributed by atoms with Crippen LogP contribution < -0.4 is 5.73 Å². The summed E-state index contributed by atoms with van der Waals surface area (Å²) >= 11 is 0. The predicted octanol–water partition coefficient (Wildman–Crippen LogP) is 2.56. The van der Waals surface area contributed by atoms with Crippen LogP contribution in [0.2, 0.25) is 0 Å². The van der Waals surface area contributed by atoms with Crippen LogP contribution in [0.4, 0.5) is 0 Å². The summed E-state index contributed by atoms with van der Waals surface area (Å²) in [4.78, 5) is 13.9. The lowest BCUT2D eigenvalue weighted by molar-refractivity contribution is -0.131. The molecule has 0 aliphatic carbocycles. The van der Waals surface area contributed by atoms with Gasteiger partial charge in [-0.25, -0.2) is 0 Å². The molecule has 1 aromatic rings. The largest absolute Gasteiger partial charge is 0.469 e. The summed E-state index contributed by atoms with van der Waals surface area (Å²) < 4.78 is 5.24. The van der Waals surface area contributed by atoms with Crippen LogP contribution in [-0.4, -0.2) is 24.4 Å². The standard InChI is InChI=1S/C15H26N2O2/c1-11(2)7-13(9-16)8-15(18)17(4)10-14-5-6-19-12(14)3/h5-6,11,13H,7-10,16H2,1-4H3. The third-order valence-electron chi connectivity index (χ3n) is 3.40. The second kappa shape index (κ2) is 7.34. The minimum absolute atomic E-state index is 0.150. The average Bonchev–Trinajstić information content (AvgIpc) is 2.73. The van der Waals surface area contributed by atoms with Crippen molar-refractivity contribution in [1.29, 1.82) is 0 Å². The Morgan fingerprint density at radius 1 is 1.47 bits per heavy atom. The third kappa shape index (κ3) is 5.07. The van der Waals surface area contributed by atoms with Gasteiger partial charge in [-0.1, -0.05) is 13.8 Å². The summed E-state index contributed by atoms with van der Waals surface area (Å²) in [5.74, 6) is 1.87. The van der Waals surface area contributed by atoms with Gasteiger partial charge in [0.1, 0.15) is 5.76 Å². The van der Waals surface area contributed by atoms with Gasteiger partial charge in [-0.05, 0) is 37.8 Å². The van der Waals surface area contributed by atoms with Crippen LogP contribution in [0, 0.1) is 18.8 Å². The molecule has 1 aromatic heterocycles. The van der Waals surface area contributed by atoms with Gasteiger partial charge in [0.25, 0.3) is 0 Å². The topological polar surface area (TPSA) is 59.5 Å². The number of aryl methyl sites for hydroxylation is 1. The molecular weight excluding hydrogens is 240 g/mol. The van der Waals surface area contributed by atoms with E-state index in [1.165, 1.54) is 0 Å². The molecule has 1 amide bonds. The van der Waals surface area contributed by atoms with E-state index in [9.17, 15) is 4.79 Å². The van der Waals surface area contributed by atoms with Crippen molar-refractivity contribution in [3.8, 4) is 0 Å². The van der Waals surface area contributed by atoms with Crippen LogP contribution in [0.25, 0.3) is 0 Å². The summed E-state index contributed by atoms with van der Waals surface area (Å²) in [5, 5.41) is 0. The van der Waals surface area contributed by atoms with E-state index in [0.29, 0.717) is 25.4 Å². The van der Waals surface area contributed by atoms with Crippen molar-refractivity contribution in [2.24, 2.45) is 17.6 Å². The fourth-order valence-corrected chi connectivity index (χ4v) is 2.25. The number of hydrogen-bond donors (Lipinski definition) is 1. The third-order valence-corrected chi connectivity index (χ3v) is 3.40. The van der Waals surface area contributed by atoms with Gasteiger partial charge in [0, 0.05) is 25.6 Å². The van der Waals surface area contributed by atoms with E-state index in [1.807, 2.05) is 20.0 Å². The number of furan rings is 1. The minimum Gasteiger partial charge on any atom is -0.469 e. The fraction of sp³-hybridized carbons (Fsp3) is 0.667. The van der Waals surface area contributed by atoms with E-state index in [0.717, 1.165) is 17.7 Å². The highest BCUT2D eigenvalue weighted by molar-refractivity contribution is 5.76. The molecule has 0 aliphatic heterocycles. The van der Waals surface area contributed by atoms with Gasteiger partial charge < -0.3 is 15.1 Å². The number of nitrogens with two attached hydrogens (primary N) is 1. The molecule has 1 unspecified atom stereocenters. The highest BCUT2D eigenvalue weighted by Gasteiger charge is 2.18. The van der Waals surface area contributed by atoms with Crippen LogP contribution in [0.5, 0.6) is 0 Å². The van der Waals surface area contributed by atoms with E-state index in [4.69, 9.17) is 10.2 Å². The zero-order chi connectivity index (χ0) is 14.4. The molecule has 0 bridgehead atoms. The van der Waals surface area contributed by atoms with Crippen molar-refractivity contribution in [3.63, 3.8) is 0 Å². The summed E-state index contributed by atoms with van der Waals surface area (Å²) in [6.07, 6.45) is 3.19. The van der Waals surface area contributed by atoms with E-state index >= 15 is 0 Å². The van der Waals surface area contributed by atoms with Crippen LogP contribution in [0.3, 0.4) is 0 Å². The molecule has 19 heavy (non-hydrogen) atoms. The molecule has 1 atom stereocenters. The molecule has 1 rings (SSSR count). The van der Waals surface area contributed by atoms with Gasteiger partial charge in [0.15, 0.2) is 0 Å². The molecule has 0 saturated heterocycles. The zero-order valence-corrected chi connectivity index (χ0v) is 12.5. The summed E-state index contributed by atoms with van der Waals surface area (Å²) in [5.41, 5.74) is 6.80. The highest BCUT2D eigenvalue weighted by atomic mass is 16.3. The molecule has 0 aliphatic rings. The zero-order valence-electron chi connectivity index (χ0n) is 12.5. The van der Waals surface area contributed by atoms with E-state index in [1.54, 1.807) is 11.2 Å². The second-order valence-electron chi connectivity index (χ2n) is 5.69. The Bertz CT molecular complexity index is 399. The van der Waals surface area contributed by atoms with Crippen molar-refractivity contribution in [2.45, 2.75) is 40.2 Å². The van der Waals surface area contributed by atoms with Crippen molar-refractivity contribution in [1.82, 2.24) is 4.90 Å². The number of nitrogens with zero attached hydrogens (tertiary/aromatic N) is 1. The molecule has 108 valence electrons. The van der Waals surface area contributed by atoms with E-state index in [2.05, 4.69) is 13.8 Å². The average molecular weight is 266 g/mol. The molecule has 2 N–H and O–H groups in total. The van der Waals surface area contributed by atoms with E-state index in [-0.39, 0.29) is 11.8 Å². The smallest absolute Gasteiger partial charge is 0.222 e. The molecule has 4 heteroatoms. The molecule has 0 aromatic carbocycles. The van der Waals surface area contributed by atoms with Crippen molar-refractivity contribution >= 4 is 5.91 Å². The van der Waals surface area contributed by atoms with Crippen molar-refractivity contribution < 1.29 is 9.21 Å².